The number of amides is 1. The molecule has 3 heterocycles. The van der Waals surface area contributed by atoms with Crippen LogP contribution in [0.5, 0.6) is 0 Å². The number of fused-ring (bicyclic) bond motifs is 2. The zero-order valence-corrected chi connectivity index (χ0v) is 17.5. The predicted molar refractivity (Wildman–Crippen MR) is 105 cm³/mol. The van der Waals surface area contributed by atoms with E-state index < -0.39 is 23.5 Å². The molecule has 2 aromatic rings. The number of hydrogen-bond donors (Lipinski definition) is 2. The van der Waals surface area contributed by atoms with E-state index in [1.807, 2.05) is 39.5 Å². The van der Waals surface area contributed by atoms with Crippen LogP contribution in [0.15, 0.2) is 24.4 Å². The van der Waals surface area contributed by atoms with Crippen LogP contribution in [-0.2, 0) is 15.1 Å². The number of carbonyl (C=O) groups is 1. The average molecular weight is 404 g/mol. The van der Waals surface area contributed by atoms with Crippen LogP contribution in [0.1, 0.15) is 40.4 Å². The molecule has 2 N–H and O–H groups in total. The van der Waals surface area contributed by atoms with E-state index in [2.05, 4.69) is 10.3 Å². The van der Waals surface area contributed by atoms with Crippen LogP contribution in [0.2, 0.25) is 0 Å². The largest absolute Gasteiger partial charge is 0.356 e. The van der Waals surface area contributed by atoms with Crippen molar-refractivity contribution in [1.29, 1.82) is 0 Å². The van der Waals surface area contributed by atoms with E-state index in [1.54, 1.807) is 18.3 Å². The molecular weight excluding hydrogens is 375 g/mol. The highest BCUT2D eigenvalue weighted by molar-refractivity contribution is 5.83. The number of aliphatic hydroxyl groups excluding tert-OH is 1. The number of piperidine rings is 1. The summed E-state index contributed by atoms with van der Waals surface area (Å²) in [5, 5.41) is 13.3. The van der Waals surface area contributed by atoms with Crippen molar-refractivity contribution < 1.29 is 19.0 Å². The van der Waals surface area contributed by atoms with Crippen molar-refractivity contribution in [3.05, 3.63) is 36.2 Å². The fourth-order valence-corrected chi connectivity index (χ4v) is 4.41. The molecule has 2 aliphatic rings. The molecule has 4 rings (SSSR count). The molecule has 2 aromatic heterocycles. The quantitative estimate of drug-likeness (QED) is 0.589. The molecule has 29 heavy (non-hydrogen) atoms. The lowest BCUT2D eigenvalue weighted by Crippen LogP contribution is -2.46. The molecule has 8 heteroatoms. The number of aromatic nitrogens is 2. The molecule has 158 valence electrons. The van der Waals surface area contributed by atoms with Gasteiger partial charge in [-0.15, -0.1) is 0 Å². The van der Waals surface area contributed by atoms with Crippen molar-refractivity contribution in [2.45, 2.75) is 52.2 Å². The summed E-state index contributed by atoms with van der Waals surface area (Å²) >= 11 is 0. The summed E-state index contributed by atoms with van der Waals surface area (Å²) in [6, 6.07) is 4.79. The lowest BCUT2D eigenvalue weighted by molar-refractivity contribution is -0.236. The van der Waals surface area contributed by atoms with E-state index in [4.69, 9.17) is 4.74 Å². The maximum atomic E-state index is 14.3. The topological polar surface area (TPSA) is 79.1 Å². The van der Waals surface area contributed by atoms with E-state index >= 15 is 0 Å². The van der Waals surface area contributed by atoms with Gasteiger partial charge in [0, 0.05) is 19.0 Å². The zero-order valence-electron chi connectivity index (χ0n) is 17.5. The summed E-state index contributed by atoms with van der Waals surface area (Å²) in [5.41, 5.74) is -0.610. The van der Waals surface area contributed by atoms with Crippen molar-refractivity contribution in [3.63, 3.8) is 0 Å². The molecule has 0 radical (unpaired) electrons. The number of imidazole rings is 1. The van der Waals surface area contributed by atoms with Gasteiger partial charge in [0.25, 0.3) is 0 Å². The number of pyridine rings is 1. The van der Waals surface area contributed by atoms with Gasteiger partial charge < -0.3 is 15.2 Å². The van der Waals surface area contributed by atoms with Gasteiger partial charge >= 0.3 is 0 Å². The SMILES string of the molecule is CC(C)(C)OC(O)N1C[C@@H]2[C@H](C1)[C@H]2C(=O)NC(C)(C)c1ncc2cccc(F)n12. The summed E-state index contributed by atoms with van der Waals surface area (Å²) in [4.78, 5) is 19.1. The molecule has 4 atom stereocenters. The van der Waals surface area contributed by atoms with E-state index in [1.165, 1.54) is 10.5 Å². The fraction of sp³-hybridized carbons (Fsp3) is 0.619. The third kappa shape index (κ3) is 3.76. The Balaban J connectivity index is 1.40. The molecule has 1 aliphatic carbocycles. The Morgan fingerprint density at radius 1 is 1.28 bits per heavy atom. The normalized spacial score (nSPS) is 25.8. The van der Waals surface area contributed by atoms with E-state index in [9.17, 15) is 14.3 Å². The predicted octanol–water partition coefficient (Wildman–Crippen LogP) is 2.09. The first-order valence-electron chi connectivity index (χ1n) is 10.0. The summed E-state index contributed by atoms with van der Waals surface area (Å²) in [6.07, 6.45) is 0.648. The molecule has 0 spiro atoms. The van der Waals surface area contributed by atoms with Gasteiger partial charge in [-0.05, 0) is 58.6 Å². The van der Waals surface area contributed by atoms with Gasteiger partial charge in [0.1, 0.15) is 5.82 Å². The minimum Gasteiger partial charge on any atom is -0.356 e. The summed E-state index contributed by atoms with van der Waals surface area (Å²) < 4.78 is 21.3. The van der Waals surface area contributed by atoms with Crippen molar-refractivity contribution in [1.82, 2.24) is 19.6 Å². The number of rotatable bonds is 5. The highest BCUT2D eigenvalue weighted by Gasteiger charge is 2.60. The number of ether oxygens (including phenoxy) is 1. The Morgan fingerprint density at radius 2 is 1.93 bits per heavy atom. The summed E-state index contributed by atoms with van der Waals surface area (Å²) in [7, 11) is 0. The van der Waals surface area contributed by atoms with Gasteiger partial charge in [0.05, 0.1) is 22.9 Å². The van der Waals surface area contributed by atoms with Gasteiger partial charge in [-0.2, -0.15) is 4.39 Å². The molecule has 0 aromatic carbocycles. The Bertz CT molecular complexity index is 924. The molecule has 1 amide bonds. The number of nitrogens with one attached hydrogen (secondary N) is 1. The first-order valence-corrected chi connectivity index (χ1v) is 10.0. The maximum absolute atomic E-state index is 14.3. The van der Waals surface area contributed by atoms with Gasteiger partial charge in [0.15, 0.2) is 5.95 Å². The third-order valence-electron chi connectivity index (χ3n) is 5.79. The smallest absolute Gasteiger partial charge is 0.224 e. The van der Waals surface area contributed by atoms with Crippen LogP contribution in [-0.4, -0.2) is 50.4 Å². The summed E-state index contributed by atoms with van der Waals surface area (Å²) in [5.74, 6) is 0.312. The molecular formula is C21H29FN4O3. The highest BCUT2D eigenvalue weighted by atomic mass is 19.1. The van der Waals surface area contributed by atoms with Gasteiger partial charge in [-0.25, -0.2) is 4.98 Å². The van der Waals surface area contributed by atoms with Crippen LogP contribution in [0.3, 0.4) is 0 Å². The highest BCUT2D eigenvalue weighted by Crippen LogP contribution is 2.52. The first-order chi connectivity index (χ1) is 13.5. The number of carbonyl (C=O) groups excluding carboxylic acids is 1. The zero-order chi connectivity index (χ0) is 21.1. The molecule has 1 saturated carbocycles. The molecule has 7 nitrogen and oxygen atoms in total. The number of aliphatic hydroxyl groups is 1. The minimum atomic E-state index is -0.956. The van der Waals surface area contributed by atoms with Crippen molar-refractivity contribution >= 4 is 11.4 Å². The molecule has 0 bridgehead atoms. The van der Waals surface area contributed by atoms with Gasteiger partial charge in [-0.3, -0.25) is 14.1 Å². The summed E-state index contributed by atoms with van der Waals surface area (Å²) in [6.45, 7) is 10.6. The van der Waals surface area contributed by atoms with E-state index in [0.29, 0.717) is 24.4 Å². The Kier molecular flexibility index (Phi) is 4.72. The number of nitrogens with zero attached hydrogens (tertiary/aromatic N) is 3. The first kappa shape index (κ1) is 20.3. The van der Waals surface area contributed by atoms with Crippen LogP contribution in [0.25, 0.3) is 5.52 Å². The van der Waals surface area contributed by atoms with Crippen molar-refractivity contribution in [3.8, 4) is 0 Å². The molecule has 1 unspecified atom stereocenters. The third-order valence-corrected chi connectivity index (χ3v) is 5.79. The number of halogens is 1. The van der Waals surface area contributed by atoms with Gasteiger partial charge in [-0.1, -0.05) is 6.07 Å². The van der Waals surface area contributed by atoms with Crippen LogP contribution in [0, 0.1) is 23.7 Å². The maximum Gasteiger partial charge on any atom is 0.224 e. The number of likely N-dealkylation sites (tertiary alicyclic amines) is 1. The fourth-order valence-electron chi connectivity index (χ4n) is 4.41. The molecule has 1 aliphatic heterocycles. The Hall–Kier alpha value is -2.03. The van der Waals surface area contributed by atoms with Gasteiger partial charge in [0.2, 0.25) is 12.3 Å². The number of hydrogen-bond acceptors (Lipinski definition) is 5. The second kappa shape index (κ2) is 6.75. The van der Waals surface area contributed by atoms with E-state index in [0.717, 1.165) is 0 Å². The van der Waals surface area contributed by atoms with Crippen LogP contribution >= 0.6 is 0 Å². The Labute approximate surface area is 169 Å². The van der Waals surface area contributed by atoms with Crippen LogP contribution in [0.4, 0.5) is 4.39 Å². The van der Waals surface area contributed by atoms with E-state index in [-0.39, 0.29) is 23.7 Å². The minimum absolute atomic E-state index is 0.0519. The lowest BCUT2D eigenvalue weighted by atomic mass is 10.0. The second-order valence-electron chi connectivity index (χ2n) is 9.67. The van der Waals surface area contributed by atoms with Crippen LogP contribution < -0.4 is 5.32 Å². The van der Waals surface area contributed by atoms with Crippen molar-refractivity contribution in [2.75, 3.05) is 13.1 Å². The molecule has 1 saturated heterocycles. The molecule has 2 fully saturated rings. The monoisotopic (exact) mass is 404 g/mol. The average Bonchev–Trinajstić information content (AvgIpc) is 2.96. The lowest BCUT2D eigenvalue weighted by Gasteiger charge is -2.31. The van der Waals surface area contributed by atoms with Crippen molar-refractivity contribution in [2.24, 2.45) is 17.8 Å². The Morgan fingerprint density at radius 3 is 2.55 bits per heavy atom. The second-order valence-corrected chi connectivity index (χ2v) is 9.67. The standard InChI is InChI=1S/C21H29FN4O3/c1-20(2,3)29-19(28)25-10-13-14(11-25)16(13)17(27)24-21(4,5)18-23-9-12-7-6-8-15(22)26(12)18/h6-9,13-14,16,19,28H,10-11H2,1-5H3,(H,24,27)/t13-,14+,16+,19?.